The second-order valence-corrected chi connectivity index (χ2v) is 6.12. The fourth-order valence-electron chi connectivity index (χ4n) is 3.74. The molecule has 0 aromatic heterocycles. The quantitative estimate of drug-likeness (QED) is 0.904. The lowest BCUT2D eigenvalue weighted by atomic mass is 10.1. The standard InChI is InChI=1S/C16H24N2O/c1-17-10-4-5-12(17)11-18(2)15-9-8-14-13(15)6-3-7-16(14)19/h3,6-7,12,15,19H,4-5,8-11H2,1-2H3. The molecule has 1 aliphatic heterocycles. The van der Waals surface area contributed by atoms with Crippen LogP contribution in [0.15, 0.2) is 18.2 Å². The summed E-state index contributed by atoms with van der Waals surface area (Å²) in [5, 5.41) is 9.93. The molecule has 1 saturated heterocycles. The third-order valence-corrected chi connectivity index (χ3v) is 4.92. The van der Waals surface area contributed by atoms with Gasteiger partial charge in [0.1, 0.15) is 5.75 Å². The SMILES string of the molecule is CN1CCCC1CN(C)C1CCc2c(O)cccc21. The molecule has 1 heterocycles. The van der Waals surface area contributed by atoms with E-state index < -0.39 is 0 Å². The van der Waals surface area contributed by atoms with E-state index in [0.29, 0.717) is 17.8 Å². The van der Waals surface area contributed by atoms with Crippen LogP contribution in [0.4, 0.5) is 0 Å². The molecule has 1 aromatic rings. The van der Waals surface area contributed by atoms with E-state index in [1.54, 1.807) is 0 Å². The topological polar surface area (TPSA) is 26.7 Å². The van der Waals surface area contributed by atoms with Gasteiger partial charge >= 0.3 is 0 Å². The van der Waals surface area contributed by atoms with Gasteiger partial charge in [0.15, 0.2) is 0 Å². The summed E-state index contributed by atoms with van der Waals surface area (Å²) in [7, 11) is 4.47. The van der Waals surface area contributed by atoms with Crippen LogP contribution in [0.1, 0.15) is 36.4 Å². The molecule has 2 unspecified atom stereocenters. The first-order chi connectivity index (χ1) is 9.16. The predicted octanol–water partition coefficient (Wildman–Crippen LogP) is 2.41. The van der Waals surface area contributed by atoms with Gasteiger partial charge in [0, 0.05) is 18.6 Å². The van der Waals surface area contributed by atoms with Gasteiger partial charge in [-0.15, -0.1) is 0 Å². The van der Waals surface area contributed by atoms with E-state index >= 15 is 0 Å². The maximum Gasteiger partial charge on any atom is 0.119 e. The van der Waals surface area contributed by atoms with Gasteiger partial charge in [0.25, 0.3) is 0 Å². The Bertz CT molecular complexity index is 460. The Hall–Kier alpha value is -1.06. The summed E-state index contributed by atoms with van der Waals surface area (Å²) in [4.78, 5) is 4.96. The minimum atomic E-state index is 0.478. The summed E-state index contributed by atoms with van der Waals surface area (Å²) in [6.07, 6.45) is 4.80. The van der Waals surface area contributed by atoms with Crippen molar-refractivity contribution in [2.24, 2.45) is 0 Å². The van der Waals surface area contributed by atoms with Crippen LogP contribution in [0.5, 0.6) is 5.75 Å². The van der Waals surface area contributed by atoms with E-state index in [1.807, 2.05) is 12.1 Å². The molecule has 0 spiro atoms. The van der Waals surface area contributed by atoms with Gasteiger partial charge in [-0.3, -0.25) is 4.90 Å². The van der Waals surface area contributed by atoms with Gasteiger partial charge in [-0.05, 0) is 63.5 Å². The van der Waals surface area contributed by atoms with Crippen molar-refractivity contribution < 1.29 is 5.11 Å². The number of fused-ring (bicyclic) bond motifs is 1. The van der Waals surface area contributed by atoms with Crippen LogP contribution in [0.2, 0.25) is 0 Å². The molecule has 1 N–H and O–H groups in total. The van der Waals surface area contributed by atoms with Gasteiger partial charge in [0.05, 0.1) is 0 Å². The van der Waals surface area contributed by atoms with Crippen LogP contribution < -0.4 is 0 Å². The summed E-state index contributed by atoms with van der Waals surface area (Å²) in [5.41, 5.74) is 2.50. The molecule has 0 saturated carbocycles. The number of aromatic hydroxyl groups is 1. The Morgan fingerprint density at radius 2 is 2.21 bits per heavy atom. The van der Waals surface area contributed by atoms with Crippen molar-refractivity contribution in [2.75, 3.05) is 27.2 Å². The van der Waals surface area contributed by atoms with E-state index in [2.05, 4.69) is 30.0 Å². The molecule has 0 radical (unpaired) electrons. The number of nitrogens with zero attached hydrogens (tertiary/aromatic N) is 2. The van der Waals surface area contributed by atoms with Crippen LogP contribution in [0.25, 0.3) is 0 Å². The zero-order valence-electron chi connectivity index (χ0n) is 12.0. The number of hydrogen-bond acceptors (Lipinski definition) is 3. The van der Waals surface area contributed by atoms with Gasteiger partial charge in [-0.25, -0.2) is 0 Å². The molecule has 104 valence electrons. The lowest BCUT2D eigenvalue weighted by Gasteiger charge is -2.30. The number of rotatable bonds is 3. The minimum absolute atomic E-state index is 0.478. The van der Waals surface area contributed by atoms with Gasteiger partial charge in [-0.1, -0.05) is 12.1 Å². The summed E-state index contributed by atoms with van der Waals surface area (Å²) in [5.74, 6) is 0.478. The Labute approximate surface area is 115 Å². The highest BCUT2D eigenvalue weighted by atomic mass is 16.3. The van der Waals surface area contributed by atoms with Crippen LogP contribution in [0.3, 0.4) is 0 Å². The average Bonchev–Trinajstić information content (AvgIpc) is 2.97. The van der Waals surface area contributed by atoms with Crippen molar-refractivity contribution >= 4 is 0 Å². The van der Waals surface area contributed by atoms with Gasteiger partial charge in [-0.2, -0.15) is 0 Å². The van der Waals surface area contributed by atoms with E-state index in [9.17, 15) is 5.11 Å². The molecule has 3 rings (SSSR count). The molecule has 3 nitrogen and oxygen atoms in total. The molecule has 2 aliphatic rings. The number of phenolic OH excluding ortho intramolecular Hbond substituents is 1. The minimum Gasteiger partial charge on any atom is -0.508 e. The largest absolute Gasteiger partial charge is 0.508 e. The summed E-state index contributed by atoms with van der Waals surface area (Å²) >= 11 is 0. The maximum atomic E-state index is 9.93. The van der Waals surface area contributed by atoms with Crippen molar-refractivity contribution in [3.8, 4) is 5.75 Å². The predicted molar refractivity (Wildman–Crippen MR) is 77.5 cm³/mol. The Morgan fingerprint density at radius 1 is 1.37 bits per heavy atom. The number of benzene rings is 1. The Balaban J connectivity index is 1.72. The lowest BCUT2D eigenvalue weighted by molar-refractivity contribution is 0.176. The van der Waals surface area contributed by atoms with Gasteiger partial charge in [0.2, 0.25) is 0 Å². The number of likely N-dealkylation sites (N-methyl/N-ethyl adjacent to an activating group) is 2. The van der Waals surface area contributed by atoms with E-state index in [4.69, 9.17) is 0 Å². The van der Waals surface area contributed by atoms with E-state index in [-0.39, 0.29) is 0 Å². The molecule has 0 amide bonds. The summed E-state index contributed by atoms with van der Waals surface area (Å²) < 4.78 is 0. The first kappa shape index (κ1) is 12.9. The number of hydrogen-bond donors (Lipinski definition) is 1. The molecule has 19 heavy (non-hydrogen) atoms. The van der Waals surface area contributed by atoms with Crippen molar-refractivity contribution in [1.82, 2.24) is 9.80 Å². The summed E-state index contributed by atoms with van der Waals surface area (Å²) in [6, 6.07) is 7.15. The molecule has 1 fully saturated rings. The number of likely N-dealkylation sites (tertiary alicyclic amines) is 1. The second-order valence-electron chi connectivity index (χ2n) is 6.12. The van der Waals surface area contributed by atoms with Crippen LogP contribution >= 0.6 is 0 Å². The molecule has 1 aliphatic carbocycles. The third-order valence-electron chi connectivity index (χ3n) is 4.92. The fourth-order valence-corrected chi connectivity index (χ4v) is 3.74. The average molecular weight is 260 g/mol. The molecular weight excluding hydrogens is 236 g/mol. The van der Waals surface area contributed by atoms with Crippen molar-refractivity contribution in [3.63, 3.8) is 0 Å². The lowest BCUT2D eigenvalue weighted by Crippen LogP contribution is -2.37. The van der Waals surface area contributed by atoms with Crippen molar-refractivity contribution in [1.29, 1.82) is 0 Å². The fraction of sp³-hybridized carbons (Fsp3) is 0.625. The van der Waals surface area contributed by atoms with Crippen LogP contribution in [-0.2, 0) is 6.42 Å². The zero-order chi connectivity index (χ0) is 13.4. The summed E-state index contributed by atoms with van der Waals surface area (Å²) in [6.45, 7) is 2.37. The van der Waals surface area contributed by atoms with Crippen LogP contribution in [0, 0.1) is 0 Å². The first-order valence-electron chi connectivity index (χ1n) is 7.38. The monoisotopic (exact) mass is 260 g/mol. The van der Waals surface area contributed by atoms with Crippen LogP contribution in [-0.4, -0.2) is 48.1 Å². The highest BCUT2D eigenvalue weighted by molar-refractivity contribution is 5.44. The smallest absolute Gasteiger partial charge is 0.119 e. The first-order valence-corrected chi connectivity index (χ1v) is 7.38. The second kappa shape index (κ2) is 5.14. The van der Waals surface area contributed by atoms with E-state index in [1.165, 1.54) is 30.5 Å². The molecule has 2 atom stereocenters. The molecule has 0 bridgehead atoms. The highest BCUT2D eigenvalue weighted by Crippen LogP contribution is 2.39. The van der Waals surface area contributed by atoms with Crippen molar-refractivity contribution in [2.45, 2.75) is 37.8 Å². The van der Waals surface area contributed by atoms with E-state index in [0.717, 1.165) is 19.4 Å². The molecule has 1 aromatic carbocycles. The van der Waals surface area contributed by atoms with Gasteiger partial charge < -0.3 is 10.0 Å². The normalized spacial score (nSPS) is 27.1. The third kappa shape index (κ3) is 2.37. The highest BCUT2D eigenvalue weighted by Gasteiger charge is 2.30. The number of phenols is 1. The zero-order valence-corrected chi connectivity index (χ0v) is 12.0. The molecular formula is C16H24N2O. The molecule has 3 heteroatoms. The van der Waals surface area contributed by atoms with Crippen molar-refractivity contribution in [3.05, 3.63) is 29.3 Å². The maximum absolute atomic E-state index is 9.93. The Morgan fingerprint density at radius 3 is 2.95 bits per heavy atom. The Kier molecular flexibility index (Phi) is 3.50.